The lowest BCUT2D eigenvalue weighted by Crippen LogP contribution is -2.23. The summed E-state index contributed by atoms with van der Waals surface area (Å²) >= 11 is 2.82. The van der Waals surface area contributed by atoms with E-state index in [0.717, 1.165) is 57.5 Å². The molecule has 5 rings (SSSR count). The maximum Gasteiger partial charge on any atom is 0.267 e. The van der Waals surface area contributed by atoms with E-state index in [1.54, 1.807) is 4.57 Å². The number of hydrogen-bond donors (Lipinski definition) is 1. The Kier molecular flexibility index (Phi) is 6.08. The molecule has 0 spiro atoms. The highest BCUT2D eigenvalue weighted by Gasteiger charge is 2.29. The van der Waals surface area contributed by atoms with E-state index in [4.69, 9.17) is 4.98 Å². The summed E-state index contributed by atoms with van der Waals surface area (Å²) in [5.74, 6) is 0.537. The summed E-state index contributed by atoms with van der Waals surface area (Å²) in [6.45, 7) is 4.08. The fraction of sp³-hybridized carbons (Fsp3) is 0.269. The number of fused-ring (bicyclic) bond motifs is 1. The van der Waals surface area contributed by atoms with Gasteiger partial charge in [-0.3, -0.25) is 14.2 Å². The van der Waals surface area contributed by atoms with Crippen molar-refractivity contribution in [3.05, 3.63) is 81.0 Å². The number of rotatable bonds is 7. The number of thiophene rings is 1. The monoisotopic (exact) mass is 475 g/mol. The predicted octanol–water partition coefficient (Wildman–Crippen LogP) is 5.93. The van der Waals surface area contributed by atoms with Gasteiger partial charge >= 0.3 is 0 Å². The summed E-state index contributed by atoms with van der Waals surface area (Å²) < 4.78 is 1.66. The molecule has 1 N–H and O–H groups in total. The van der Waals surface area contributed by atoms with Gasteiger partial charge in [-0.25, -0.2) is 4.98 Å². The van der Waals surface area contributed by atoms with Crippen molar-refractivity contribution in [2.45, 2.75) is 44.2 Å². The molecular formula is C26H25N3O2S2. The third kappa shape index (κ3) is 4.35. The van der Waals surface area contributed by atoms with Crippen molar-refractivity contribution in [1.29, 1.82) is 0 Å². The average molecular weight is 476 g/mol. The molecule has 1 amide bonds. The number of aryl methyl sites for hydroxylation is 2. The van der Waals surface area contributed by atoms with Crippen LogP contribution in [0.4, 0.5) is 5.69 Å². The Morgan fingerprint density at radius 3 is 2.70 bits per heavy atom. The lowest BCUT2D eigenvalue weighted by Gasteiger charge is -2.14. The van der Waals surface area contributed by atoms with Gasteiger partial charge in [0.15, 0.2) is 5.16 Å². The van der Waals surface area contributed by atoms with Crippen molar-refractivity contribution in [3.63, 3.8) is 0 Å². The summed E-state index contributed by atoms with van der Waals surface area (Å²) in [6, 6.07) is 15.6. The minimum absolute atomic E-state index is 0.0515. The fourth-order valence-electron chi connectivity index (χ4n) is 4.10. The van der Waals surface area contributed by atoms with Crippen LogP contribution in [0.15, 0.2) is 63.9 Å². The maximum absolute atomic E-state index is 13.6. The molecule has 0 saturated heterocycles. The summed E-state index contributed by atoms with van der Waals surface area (Å²) in [7, 11) is 0. The Morgan fingerprint density at radius 1 is 1.18 bits per heavy atom. The minimum Gasteiger partial charge on any atom is -0.325 e. The highest BCUT2D eigenvalue weighted by atomic mass is 32.2. The molecule has 1 saturated carbocycles. The van der Waals surface area contributed by atoms with E-state index >= 15 is 0 Å². The molecule has 0 atom stereocenters. The molecule has 0 aliphatic heterocycles. The van der Waals surface area contributed by atoms with Crippen molar-refractivity contribution < 1.29 is 4.79 Å². The number of carbonyl (C=O) groups is 1. The van der Waals surface area contributed by atoms with Gasteiger partial charge in [-0.2, -0.15) is 0 Å². The van der Waals surface area contributed by atoms with Crippen molar-refractivity contribution in [2.75, 3.05) is 11.1 Å². The quantitative estimate of drug-likeness (QED) is 0.266. The summed E-state index contributed by atoms with van der Waals surface area (Å²) in [5, 5.41) is 6.42. The molecule has 1 aliphatic carbocycles. The third-order valence-electron chi connectivity index (χ3n) is 5.97. The topological polar surface area (TPSA) is 64.0 Å². The maximum atomic E-state index is 13.6. The second kappa shape index (κ2) is 9.15. The van der Waals surface area contributed by atoms with Gasteiger partial charge in [0.25, 0.3) is 5.56 Å². The molecule has 4 aromatic rings. The van der Waals surface area contributed by atoms with E-state index in [9.17, 15) is 9.59 Å². The number of aromatic nitrogens is 2. The van der Waals surface area contributed by atoms with Crippen molar-refractivity contribution in [1.82, 2.24) is 9.55 Å². The molecule has 5 nitrogen and oxygen atoms in total. The molecule has 0 unspecified atom stereocenters. The number of carbonyl (C=O) groups excluding carboxylic acids is 1. The molecule has 0 radical (unpaired) electrons. The zero-order valence-corrected chi connectivity index (χ0v) is 20.3. The largest absolute Gasteiger partial charge is 0.325 e. The lowest BCUT2D eigenvalue weighted by atomic mass is 10.1. The smallest absolute Gasteiger partial charge is 0.267 e. The summed E-state index contributed by atoms with van der Waals surface area (Å²) in [6.07, 6.45) is 3.11. The molecular weight excluding hydrogens is 450 g/mol. The first-order chi connectivity index (χ1) is 16.1. The van der Waals surface area contributed by atoms with E-state index in [0.29, 0.717) is 11.1 Å². The first kappa shape index (κ1) is 21.9. The molecule has 0 bridgehead atoms. The molecule has 1 aliphatic rings. The minimum atomic E-state index is -0.109. The van der Waals surface area contributed by atoms with E-state index in [1.165, 1.54) is 23.1 Å². The normalized spacial score (nSPS) is 13.4. The Morgan fingerprint density at radius 2 is 1.97 bits per heavy atom. The van der Waals surface area contributed by atoms with E-state index < -0.39 is 0 Å². The number of amides is 1. The number of para-hydroxylation sites is 2. The van der Waals surface area contributed by atoms with Crippen LogP contribution in [0, 0.1) is 6.92 Å². The van der Waals surface area contributed by atoms with Crippen LogP contribution in [-0.4, -0.2) is 21.2 Å². The molecule has 2 aromatic heterocycles. The number of nitrogens with zero attached hydrogens (tertiary/aromatic N) is 2. The van der Waals surface area contributed by atoms with E-state index in [2.05, 4.69) is 17.6 Å². The van der Waals surface area contributed by atoms with Gasteiger partial charge in [0.1, 0.15) is 4.83 Å². The van der Waals surface area contributed by atoms with Gasteiger partial charge < -0.3 is 5.32 Å². The predicted molar refractivity (Wildman–Crippen MR) is 137 cm³/mol. The molecule has 7 heteroatoms. The van der Waals surface area contributed by atoms with Crippen LogP contribution < -0.4 is 10.9 Å². The van der Waals surface area contributed by atoms with Crippen LogP contribution in [0.2, 0.25) is 0 Å². The van der Waals surface area contributed by atoms with Crippen molar-refractivity contribution >= 4 is 44.9 Å². The first-order valence-electron chi connectivity index (χ1n) is 11.2. The molecule has 2 heterocycles. The van der Waals surface area contributed by atoms with E-state index in [-0.39, 0.29) is 17.2 Å². The zero-order valence-electron chi connectivity index (χ0n) is 18.6. The van der Waals surface area contributed by atoms with Crippen LogP contribution in [0.3, 0.4) is 0 Å². The average Bonchev–Trinajstić information content (AvgIpc) is 3.58. The highest BCUT2D eigenvalue weighted by molar-refractivity contribution is 7.99. The van der Waals surface area contributed by atoms with Crippen molar-refractivity contribution in [3.8, 4) is 5.69 Å². The van der Waals surface area contributed by atoms with Crippen molar-refractivity contribution in [2.24, 2.45) is 0 Å². The van der Waals surface area contributed by atoms with Crippen LogP contribution in [0.25, 0.3) is 15.9 Å². The SMILES string of the molecule is CCc1cccc(C)c1NC(=O)CSc1nc2scc(C3CC3)c2c(=O)n1-c1ccccc1. The molecule has 1 fully saturated rings. The number of nitrogens with one attached hydrogen (secondary N) is 1. The van der Waals surface area contributed by atoms with Gasteiger partial charge in [0, 0.05) is 5.69 Å². The Hall–Kier alpha value is -2.90. The second-order valence-corrected chi connectivity index (χ2v) is 10.1. The fourth-order valence-corrected chi connectivity index (χ4v) is 5.97. The Bertz CT molecular complexity index is 1390. The molecule has 33 heavy (non-hydrogen) atoms. The standard InChI is InChI=1S/C26H25N3O2S2/c1-3-17-9-7-8-16(2)23(17)27-21(30)15-33-26-28-24-22(20(14-32-24)18-12-13-18)25(31)29(26)19-10-5-4-6-11-19/h4-11,14,18H,3,12-13,15H2,1-2H3,(H,27,30). The van der Waals surface area contributed by atoms with Crippen LogP contribution in [0.5, 0.6) is 0 Å². The second-order valence-electron chi connectivity index (χ2n) is 8.32. The van der Waals surface area contributed by atoms with Crippen LogP contribution >= 0.6 is 23.1 Å². The van der Waals surface area contributed by atoms with Gasteiger partial charge in [-0.05, 0) is 66.3 Å². The van der Waals surface area contributed by atoms with Gasteiger partial charge in [-0.15, -0.1) is 11.3 Å². The lowest BCUT2D eigenvalue weighted by molar-refractivity contribution is -0.113. The summed E-state index contributed by atoms with van der Waals surface area (Å²) in [5.41, 5.74) is 4.86. The number of hydrogen-bond acceptors (Lipinski definition) is 5. The Balaban J connectivity index is 1.48. The number of benzene rings is 2. The molecule has 2 aromatic carbocycles. The molecule has 168 valence electrons. The zero-order chi connectivity index (χ0) is 22.9. The van der Waals surface area contributed by atoms with E-state index in [1.807, 2.05) is 55.5 Å². The number of thioether (sulfide) groups is 1. The Labute approximate surface area is 200 Å². The number of anilines is 1. The van der Waals surface area contributed by atoms with Crippen LogP contribution in [-0.2, 0) is 11.2 Å². The highest BCUT2D eigenvalue weighted by Crippen LogP contribution is 2.44. The van der Waals surface area contributed by atoms with Gasteiger partial charge in [-0.1, -0.05) is 55.1 Å². The van der Waals surface area contributed by atoms with Crippen LogP contribution in [0.1, 0.15) is 42.4 Å². The summed E-state index contributed by atoms with van der Waals surface area (Å²) in [4.78, 5) is 32.1. The first-order valence-corrected chi connectivity index (χ1v) is 13.0. The van der Waals surface area contributed by atoms with Gasteiger partial charge in [0.05, 0.1) is 16.8 Å². The third-order valence-corrected chi connectivity index (χ3v) is 7.80. The van der Waals surface area contributed by atoms with Gasteiger partial charge in [0.2, 0.25) is 5.91 Å².